The van der Waals surface area contributed by atoms with E-state index in [1.54, 1.807) is 12.1 Å². The van der Waals surface area contributed by atoms with Crippen molar-refractivity contribution in [2.75, 3.05) is 20.1 Å². The molecule has 1 heterocycles. The van der Waals surface area contributed by atoms with Gasteiger partial charge in [-0.1, -0.05) is 31.5 Å². The van der Waals surface area contributed by atoms with Crippen LogP contribution in [0.3, 0.4) is 0 Å². The first kappa shape index (κ1) is 18.5. The van der Waals surface area contributed by atoms with Gasteiger partial charge >= 0.3 is 0 Å². The van der Waals surface area contributed by atoms with Gasteiger partial charge in [0.25, 0.3) is 5.91 Å². The van der Waals surface area contributed by atoms with E-state index < -0.39 is 6.04 Å². The summed E-state index contributed by atoms with van der Waals surface area (Å²) >= 11 is 0. The molecule has 1 aromatic rings. The third-order valence-corrected chi connectivity index (χ3v) is 4.61. The molecule has 1 atom stereocenters. The van der Waals surface area contributed by atoms with Crippen LogP contribution in [0, 0.1) is 12.8 Å². The van der Waals surface area contributed by atoms with Gasteiger partial charge in [-0.05, 0) is 58.0 Å². The van der Waals surface area contributed by atoms with Crippen LogP contribution in [0.25, 0.3) is 0 Å². The topological polar surface area (TPSA) is 61.4 Å². The van der Waals surface area contributed by atoms with Gasteiger partial charge in [0.2, 0.25) is 5.91 Å². The number of aryl methyl sites for hydroxylation is 1. The Morgan fingerprint density at radius 3 is 2.25 bits per heavy atom. The summed E-state index contributed by atoms with van der Waals surface area (Å²) in [7, 11) is 2.09. The highest BCUT2D eigenvalue weighted by Gasteiger charge is 2.27. The second kappa shape index (κ2) is 8.29. The van der Waals surface area contributed by atoms with Crippen LogP contribution in [0.1, 0.15) is 42.6 Å². The summed E-state index contributed by atoms with van der Waals surface area (Å²) in [5.41, 5.74) is 1.69. The number of amides is 2. The minimum absolute atomic E-state index is 0.0330. The molecule has 0 aliphatic carbocycles. The molecule has 2 amide bonds. The number of carbonyl (C=O) groups excluding carboxylic acids is 2. The van der Waals surface area contributed by atoms with Gasteiger partial charge in [0, 0.05) is 11.6 Å². The number of carbonyl (C=O) groups is 2. The highest BCUT2D eigenvalue weighted by atomic mass is 16.2. The standard InChI is InChI=1S/C19H29N3O2/c1-13(2)17(19(24)20-16-9-11-22(4)12-10-16)21-18(23)15-7-5-14(3)6-8-15/h5-8,13,16-17H,9-12H2,1-4H3,(H,20,24)(H,21,23). The third-order valence-electron chi connectivity index (χ3n) is 4.61. The number of piperidine rings is 1. The Labute approximate surface area is 144 Å². The van der Waals surface area contributed by atoms with Gasteiger partial charge < -0.3 is 15.5 Å². The molecule has 2 rings (SSSR count). The third kappa shape index (κ3) is 5.06. The fraction of sp³-hybridized carbons (Fsp3) is 0.579. The van der Waals surface area contributed by atoms with Crippen molar-refractivity contribution >= 4 is 11.8 Å². The summed E-state index contributed by atoms with van der Waals surface area (Å²) in [5.74, 6) is -0.252. The van der Waals surface area contributed by atoms with Crippen molar-refractivity contribution in [2.24, 2.45) is 5.92 Å². The number of rotatable bonds is 5. The predicted molar refractivity (Wildman–Crippen MR) is 95.9 cm³/mol. The van der Waals surface area contributed by atoms with Crippen LogP contribution < -0.4 is 10.6 Å². The van der Waals surface area contributed by atoms with E-state index in [4.69, 9.17) is 0 Å². The average molecular weight is 331 g/mol. The zero-order valence-corrected chi connectivity index (χ0v) is 15.1. The smallest absolute Gasteiger partial charge is 0.251 e. The second-order valence-electron chi connectivity index (χ2n) is 7.15. The molecule has 0 radical (unpaired) electrons. The summed E-state index contributed by atoms with van der Waals surface area (Å²) in [6.45, 7) is 7.87. The van der Waals surface area contributed by atoms with Crippen molar-refractivity contribution in [2.45, 2.75) is 45.7 Å². The van der Waals surface area contributed by atoms with E-state index >= 15 is 0 Å². The maximum atomic E-state index is 12.6. The molecule has 0 saturated carbocycles. The van der Waals surface area contributed by atoms with Crippen molar-refractivity contribution in [1.82, 2.24) is 15.5 Å². The first-order valence-corrected chi connectivity index (χ1v) is 8.73. The highest BCUT2D eigenvalue weighted by Crippen LogP contribution is 2.11. The summed E-state index contributed by atoms with van der Waals surface area (Å²) in [5, 5.41) is 6.00. The number of benzene rings is 1. The Morgan fingerprint density at radius 2 is 1.71 bits per heavy atom. The first-order chi connectivity index (χ1) is 11.4. The lowest BCUT2D eigenvalue weighted by Crippen LogP contribution is -2.53. The quantitative estimate of drug-likeness (QED) is 0.867. The van der Waals surface area contributed by atoms with E-state index in [1.165, 1.54) is 0 Å². The van der Waals surface area contributed by atoms with E-state index in [0.717, 1.165) is 31.5 Å². The second-order valence-corrected chi connectivity index (χ2v) is 7.15. The Bertz CT molecular complexity index is 560. The summed E-state index contributed by atoms with van der Waals surface area (Å²) < 4.78 is 0. The van der Waals surface area contributed by atoms with Crippen molar-refractivity contribution in [3.8, 4) is 0 Å². The monoisotopic (exact) mass is 331 g/mol. The zero-order valence-electron chi connectivity index (χ0n) is 15.1. The predicted octanol–water partition coefficient (Wildman–Crippen LogP) is 1.96. The fourth-order valence-electron chi connectivity index (χ4n) is 2.91. The molecule has 0 aromatic heterocycles. The molecule has 1 unspecified atom stereocenters. The fourth-order valence-corrected chi connectivity index (χ4v) is 2.91. The molecular weight excluding hydrogens is 302 g/mol. The average Bonchev–Trinajstić information content (AvgIpc) is 2.54. The van der Waals surface area contributed by atoms with Gasteiger partial charge in [-0.15, -0.1) is 0 Å². The van der Waals surface area contributed by atoms with Gasteiger partial charge in [-0.25, -0.2) is 0 Å². The molecule has 1 aliphatic rings. The number of nitrogens with one attached hydrogen (secondary N) is 2. The number of hydrogen-bond acceptors (Lipinski definition) is 3. The summed E-state index contributed by atoms with van der Waals surface area (Å²) in [4.78, 5) is 27.3. The molecule has 5 nitrogen and oxygen atoms in total. The number of nitrogens with zero attached hydrogens (tertiary/aromatic N) is 1. The maximum Gasteiger partial charge on any atom is 0.251 e. The Morgan fingerprint density at radius 1 is 1.12 bits per heavy atom. The van der Waals surface area contributed by atoms with Crippen molar-refractivity contribution in [1.29, 1.82) is 0 Å². The number of hydrogen-bond donors (Lipinski definition) is 2. The molecular formula is C19H29N3O2. The van der Waals surface area contributed by atoms with E-state index in [0.29, 0.717) is 5.56 Å². The minimum atomic E-state index is -0.515. The normalized spacial score (nSPS) is 17.5. The van der Waals surface area contributed by atoms with Crippen LogP contribution in [0.5, 0.6) is 0 Å². The van der Waals surface area contributed by atoms with Crippen LogP contribution in [0.4, 0.5) is 0 Å². The SMILES string of the molecule is Cc1ccc(C(=O)NC(C(=O)NC2CCN(C)CC2)C(C)C)cc1. The van der Waals surface area contributed by atoms with Crippen LogP contribution in [0.15, 0.2) is 24.3 Å². The van der Waals surface area contributed by atoms with Gasteiger partial charge in [-0.2, -0.15) is 0 Å². The molecule has 1 fully saturated rings. The molecule has 0 bridgehead atoms. The van der Waals surface area contributed by atoms with Crippen molar-refractivity contribution in [3.63, 3.8) is 0 Å². The molecule has 1 aromatic carbocycles. The largest absolute Gasteiger partial charge is 0.351 e. The molecule has 2 N–H and O–H groups in total. The van der Waals surface area contributed by atoms with Crippen LogP contribution in [-0.2, 0) is 4.79 Å². The Balaban J connectivity index is 1.96. The summed E-state index contributed by atoms with van der Waals surface area (Å²) in [6.07, 6.45) is 1.91. The lowest BCUT2D eigenvalue weighted by molar-refractivity contribution is -0.125. The van der Waals surface area contributed by atoms with Crippen LogP contribution in [0.2, 0.25) is 0 Å². The lowest BCUT2D eigenvalue weighted by atomic mass is 10.00. The molecule has 0 spiro atoms. The van der Waals surface area contributed by atoms with Crippen molar-refractivity contribution in [3.05, 3.63) is 35.4 Å². The molecule has 1 saturated heterocycles. The van der Waals surface area contributed by atoms with E-state index in [9.17, 15) is 9.59 Å². The van der Waals surface area contributed by atoms with Gasteiger partial charge in [0.15, 0.2) is 0 Å². The Kier molecular flexibility index (Phi) is 6.37. The van der Waals surface area contributed by atoms with Gasteiger partial charge in [0.05, 0.1) is 0 Å². The molecule has 132 valence electrons. The van der Waals surface area contributed by atoms with E-state index in [-0.39, 0.29) is 23.8 Å². The lowest BCUT2D eigenvalue weighted by Gasteiger charge is -2.31. The maximum absolute atomic E-state index is 12.6. The van der Waals surface area contributed by atoms with Crippen LogP contribution >= 0.6 is 0 Å². The van der Waals surface area contributed by atoms with Crippen LogP contribution in [-0.4, -0.2) is 48.9 Å². The minimum Gasteiger partial charge on any atom is -0.351 e. The highest BCUT2D eigenvalue weighted by molar-refractivity contribution is 5.97. The Hall–Kier alpha value is -1.88. The zero-order chi connectivity index (χ0) is 17.7. The van der Waals surface area contributed by atoms with Gasteiger partial charge in [0.1, 0.15) is 6.04 Å². The van der Waals surface area contributed by atoms with E-state index in [2.05, 4.69) is 22.6 Å². The van der Waals surface area contributed by atoms with Gasteiger partial charge in [-0.3, -0.25) is 9.59 Å². The molecule has 1 aliphatic heterocycles. The van der Waals surface area contributed by atoms with Crippen molar-refractivity contribution < 1.29 is 9.59 Å². The number of likely N-dealkylation sites (tertiary alicyclic amines) is 1. The van der Waals surface area contributed by atoms with E-state index in [1.807, 2.05) is 32.9 Å². The molecule has 5 heteroatoms. The summed E-state index contributed by atoms with van der Waals surface area (Å²) in [6, 6.07) is 7.06. The molecule has 24 heavy (non-hydrogen) atoms. The first-order valence-electron chi connectivity index (χ1n) is 8.73.